The van der Waals surface area contributed by atoms with E-state index in [2.05, 4.69) is 4.74 Å². The Bertz CT molecular complexity index is 777. The van der Waals surface area contributed by atoms with Gasteiger partial charge in [0.05, 0.1) is 6.07 Å². The van der Waals surface area contributed by atoms with Crippen molar-refractivity contribution in [2.45, 2.75) is 32.9 Å². The Morgan fingerprint density at radius 3 is 2.36 bits per heavy atom. The fraction of sp³-hybridized carbons (Fsp3) is 0.278. The predicted molar refractivity (Wildman–Crippen MR) is 83.9 cm³/mol. The number of para-hydroxylation sites is 1. The Balaban J connectivity index is 2.33. The number of alkyl halides is 3. The maximum absolute atomic E-state index is 12.4. The molecular weight excluding hydrogens is 335 g/mol. The molecular formula is C18H16F3NO3. The summed E-state index contributed by atoms with van der Waals surface area (Å²) < 4.78 is 46.8. The van der Waals surface area contributed by atoms with Gasteiger partial charge in [-0.05, 0) is 42.7 Å². The summed E-state index contributed by atoms with van der Waals surface area (Å²) in [4.78, 5) is 0. The molecule has 0 bridgehead atoms. The maximum Gasteiger partial charge on any atom is 0.573 e. The summed E-state index contributed by atoms with van der Waals surface area (Å²) in [6.45, 7) is 3.57. The molecule has 1 unspecified atom stereocenters. The smallest absolute Gasteiger partial charge is 0.488 e. The van der Waals surface area contributed by atoms with Gasteiger partial charge in [-0.3, -0.25) is 0 Å². The molecule has 1 atom stereocenters. The number of aliphatic hydroxyl groups excluding tert-OH is 1. The highest BCUT2D eigenvalue weighted by molar-refractivity contribution is 5.42. The molecule has 0 spiro atoms. The van der Waals surface area contributed by atoms with Crippen LogP contribution in [0.25, 0.3) is 0 Å². The van der Waals surface area contributed by atoms with Crippen LogP contribution in [0, 0.1) is 25.2 Å². The van der Waals surface area contributed by atoms with Crippen LogP contribution in [0.15, 0.2) is 36.4 Å². The Kier molecular flexibility index (Phi) is 5.55. The molecule has 2 aromatic carbocycles. The summed E-state index contributed by atoms with van der Waals surface area (Å²) in [6.07, 6.45) is -6.31. The molecule has 0 heterocycles. The number of hydrogen-bond donors (Lipinski definition) is 1. The van der Waals surface area contributed by atoms with E-state index in [1.54, 1.807) is 6.07 Å². The first-order valence-corrected chi connectivity index (χ1v) is 7.36. The second-order valence-electron chi connectivity index (χ2n) is 5.45. The van der Waals surface area contributed by atoms with Gasteiger partial charge in [0, 0.05) is 5.56 Å². The van der Waals surface area contributed by atoms with Crippen molar-refractivity contribution >= 4 is 0 Å². The lowest BCUT2D eigenvalue weighted by Crippen LogP contribution is -2.17. The monoisotopic (exact) mass is 351 g/mol. The third-order valence-corrected chi connectivity index (χ3v) is 3.55. The number of rotatable bonds is 5. The zero-order chi connectivity index (χ0) is 18.6. The van der Waals surface area contributed by atoms with Crippen molar-refractivity contribution in [1.29, 1.82) is 5.26 Å². The summed E-state index contributed by atoms with van der Waals surface area (Å²) in [5, 5.41) is 18.7. The average molecular weight is 351 g/mol. The lowest BCUT2D eigenvalue weighted by atomic mass is 10.0. The van der Waals surface area contributed by atoms with Crippen molar-refractivity contribution in [3.05, 3.63) is 58.7 Å². The third-order valence-electron chi connectivity index (χ3n) is 3.55. The van der Waals surface area contributed by atoms with Gasteiger partial charge in [-0.15, -0.1) is 13.2 Å². The van der Waals surface area contributed by atoms with Crippen molar-refractivity contribution in [3.63, 3.8) is 0 Å². The Morgan fingerprint density at radius 1 is 1.16 bits per heavy atom. The molecule has 25 heavy (non-hydrogen) atoms. The summed E-state index contributed by atoms with van der Waals surface area (Å²) in [6, 6.07) is 10.6. The Hall–Kier alpha value is -2.72. The van der Waals surface area contributed by atoms with Crippen LogP contribution in [0.4, 0.5) is 13.2 Å². The van der Waals surface area contributed by atoms with Gasteiger partial charge in [-0.25, -0.2) is 0 Å². The van der Waals surface area contributed by atoms with Crippen molar-refractivity contribution in [3.8, 4) is 17.6 Å². The van der Waals surface area contributed by atoms with Gasteiger partial charge in [0.2, 0.25) is 0 Å². The molecule has 0 radical (unpaired) electrons. The molecule has 0 fully saturated rings. The van der Waals surface area contributed by atoms with Crippen molar-refractivity contribution < 1.29 is 27.8 Å². The number of halogens is 3. The van der Waals surface area contributed by atoms with E-state index < -0.39 is 18.2 Å². The second-order valence-corrected chi connectivity index (χ2v) is 5.45. The van der Waals surface area contributed by atoms with Gasteiger partial charge < -0.3 is 14.6 Å². The highest BCUT2D eigenvalue weighted by Crippen LogP contribution is 2.29. The number of aliphatic hydroxyl groups is 1. The molecule has 0 aliphatic carbocycles. The van der Waals surface area contributed by atoms with Crippen molar-refractivity contribution in [2.75, 3.05) is 0 Å². The summed E-state index contributed by atoms with van der Waals surface area (Å²) in [5.74, 6) is 0.156. The molecule has 0 saturated heterocycles. The predicted octanol–water partition coefficient (Wildman–Crippen LogP) is 4.34. The van der Waals surface area contributed by atoms with E-state index in [1.807, 2.05) is 32.0 Å². The van der Waals surface area contributed by atoms with Crippen LogP contribution in [-0.2, 0) is 6.61 Å². The minimum atomic E-state index is -4.83. The third kappa shape index (κ3) is 4.88. The number of nitriles is 1. The highest BCUT2D eigenvalue weighted by Gasteiger charge is 2.31. The number of hydrogen-bond acceptors (Lipinski definition) is 4. The molecule has 2 aromatic rings. The minimum Gasteiger partial charge on any atom is -0.488 e. The van der Waals surface area contributed by atoms with Crippen LogP contribution < -0.4 is 9.47 Å². The first kappa shape index (κ1) is 18.6. The maximum atomic E-state index is 12.4. The quantitative estimate of drug-likeness (QED) is 0.814. The van der Waals surface area contributed by atoms with E-state index in [1.165, 1.54) is 6.07 Å². The van der Waals surface area contributed by atoms with Crippen molar-refractivity contribution in [2.24, 2.45) is 0 Å². The molecule has 132 valence electrons. The van der Waals surface area contributed by atoms with E-state index in [0.717, 1.165) is 23.3 Å². The van der Waals surface area contributed by atoms with E-state index >= 15 is 0 Å². The minimum absolute atomic E-state index is 0.116. The van der Waals surface area contributed by atoms with Gasteiger partial charge in [-0.1, -0.05) is 24.3 Å². The van der Waals surface area contributed by atoms with Gasteiger partial charge in [-0.2, -0.15) is 5.26 Å². The van der Waals surface area contributed by atoms with Crippen LogP contribution in [-0.4, -0.2) is 11.5 Å². The molecule has 2 rings (SSSR count). The fourth-order valence-electron chi connectivity index (χ4n) is 2.42. The van der Waals surface area contributed by atoms with Crippen LogP contribution in [0.1, 0.15) is 28.4 Å². The molecule has 1 N–H and O–H groups in total. The lowest BCUT2D eigenvalue weighted by Gasteiger charge is -2.17. The topological polar surface area (TPSA) is 62.5 Å². The number of ether oxygens (including phenoxy) is 2. The number of nitrogens with zero attached hydrogens (tertiary/aromatic N) is 1. The van der Waals surface area contributed by atoms with E-state index in [0.29, 0.717) is 5.75 Å². The summed E-state index contributed by atoms with van der Waals surface area (Å²) >= 11 is 0. The molecule has 0 aliphatic heterocycles. The zero-order valence-corrected chi connectivity index (χ0v) is 13.6. The van der Waals surface area contributed by atoms with E-state index in [4.69, 9.17) is 10.00 Å². The highest BCUT2D eigenvalue weighted by atomic mass is 19.4. The molecule has 7 heteroatoms. The van der Waals surface area contributed by atoms with Crippen LogP contribution in [0.2, 0.25) is 0 Å². The number of aryl methyl sites for hydroxylation is 2. The Labute approximate surface area is 143 Å². The molecule has 0 saturated carbocycles. The second kappa shape index (κ2) is 7.45. The van der Waals surface area contributed by atoms with Gasteiger partial charge in [0.15, 0.2) is 6.10 Å². The molecule has 4 nitrogen and oxygen atoms in total. The first-order valence-electron chi connectivity index (χ1n) is 7.36. The van der Waals surface area contributed by atoms with Crippen LogP contribution in [0.5, 0.6) is 11.5 Å². The van der Waals surface area contributed by atoms with Crippen molar-refractivity contribution in [1.82, 2.24) is 0 Å². The molecule has 0 aromatic heterocycles. The summed E-state index contributed by atoms with van der Waals surface area (Å²) in [5.41, 5.74) is 2.14. The first-order chi connectivity index (χ1) is 11.7. The average Bonchev–Trinajstić information content (AvgIpc) is 2.52. The van der Waals surface area contributed by atoms with E-state index in [9.17, 15) is 18.3 Å². The number of benzene rings is 2. The molecule has 0 aliphatic rings. The lowest BCUT2D eigenvalue weighted by molar-refractivity contribution is -0.274. The standard InChI is InChI=1S/C18H16F3NO3/c1-11-4-3-5-12(2)17(11)24-10-13-8-14(25-18(19,20)21)6-7-15(13)16(23)9-22/h3-8,16,23H,10H2,1-2H3. The zero-order valence-electron chi connectivity index (χ0n) is 13.6. The Morgan fingerprint density at radius 2 is 1.80 bits per heavy atom. The normalized spacial score (nSPS) is 12.4. The van der Waals surface area contributed by atoms with E-state index in [-0.39, 0.29) is 17.7 Å². The van der Waals surface area contributed by atoms with Gasteiger partial charge in [0.25, 0.3) is 0 Å². The SMILES string of the molecule is Cc1cccc(C)c1OCc1cc(OC(F)(F)F)ccc1C(O)C#N. The molecule has 0 amide bonds. The fourth-order valence-corrected chi connectivity index (χ4v) is 2.42. The summed E-state index contributed by atoms with van der Waals surface area (Å²) in [7, 11) is 0. The van der Waals surface area contributed by atoms with Gasteiger partial charge >= 0.3 is 6.36 Å². The van der Waals surface area contributed by atoms with Gasteiger partial charge in [0.1, 0.15) is 18.1 Å². The largest absolute Gasteiger partial charge is 0.573 e. The van der Waals surface area contributed by atoms with Crippen LogP contribution >= 0.6 is 0 Å². The van der Waals surface area contributed by atoms with Crippen LogP contribution in [0.3, 0.4) is 0 Å².